The number of rotatable bonds is 6. The third-order valence-electron chi connectivity index (χ3n) is 3.47. The van der Waals surface area contributed by atoms with Crippen LogP contribution < -0.4 is 5.32 Å². The molecule has 0 saturated carbocycles. The highest BCUT2D eigenvalue weighted by atomic mass is 16.3. The minimum absolute atomic E-state index is 0.227. The van der Waals surface area contributed by atoms with Gasteiger partial charge in [0.05, 0.1) is 12.4 Å². The first-order valence-corrected chi connectivity index (χ1v) is 7.00. The maximum atomic E-state index is 5.86. The van der Waals surface area contributed by atoms with Gasteiger partial charge in [0.25, 0.3) is 0 Å². The van der Waals surface area contributed by atoms with E-state index < -0.39 is 0 Å². The molecule has 104 valence electrons. The molecule has 0 saturated heterocycles. The molecule has 0 bridgehead atoms. The number of benzene rings is 1. The maximum absolute atomic E-state index is 5.86. The van der Waals surface area contributed by atoms with Crippen LogP contribution in [0.15, 0.2) is 53.5 Å². The van der Waals surface area contributed by atoms with Gasteiger partial charge < -0.3 is 14.3 Å². The predicted molar refractivity (Wildman–Crippen MR) is 79.5 cm³/mol. The fourth-order valence-corrected chi connectivity index (χ4v) is 2.32. The quantitative estimate of drug-likeness (QED) is 0.698. The van der Waals surface area contributed by atoms with Crippen LogP contribution in [0.4, 0.5) is 0 Å². The van der Waals surface area contributed by atoms with Crippen molar-refractivity contribution < 1.29 is 4.42 Å². The summed E-state index contributed by atoms with van der Waals surface area (Å²) >= 11 is 0. The number of hydrogen-bond acceptors (Lipinski definition) is 3. The second-order valence-electron chi connectivity index (χ2n) is 5.02. The van der Waals surface area contributed by atoms with Crippen LogP contribution >= 0.6 is 0 Å². The zero-order chi connectivity index (χ0) is 13.8. The molecule has 0 aliphatic rings. The molecule has 1 atom stereocenters. The van der Waals surface area contributed by atoms with Gasteiger partial charge in [0.1, 0.15) is 11.3 Å². The van der Waals surface area contributed by atoms with Gasteiger partial charge in [0, 0.05) is 24.3 Å². The summed E-state index contributed by atoms with van der Waals surface area (Å²) in [7, 11) is 0. The van der Waals surface area contributed by atoms with E-state index in [9.17, 15) is 0 Å². The van der Waals surface area contributed by atoms with Crippen LogP contribution in [0.2, 0.25) is 0 Å². The van der Waals surface area contributed by atoms with Crippen molar-refractivity contribution in [1.29, 1.82) is 0 Å². The Hall–Kier alpha value is -2.07. The number of para-hydroxylation sites is 1. The maximum Gasteiger partial charge on any atom is 0.134 e. The third-order valence-corrected chi connectivity index (χ3v) is 3.47. The van der Waals surface area contributed by atoms with E-state index in [0.717, 1.165) is 36.2 Å². The highest BCUT2D eigenvalue weighted by Gasteiger charge is 2.10. The second-order valence-corrected chi connectivity index (χ2v) is 5.02. The lowest BCUT2D eigenvalue weighted by Gasteiger charge is -2.11. The molecule has 3 rings (SSSR count). The lowest BCUT2D eigenvalue weighted by molar-refractivity contribution is 0.442. The van der Waals surface area contributed by atoms with Crippen LogP contribution in [0, 0.1) is 0 Å². The predicted octanol–water partition coefficient (Wildman–Crippen LogP) is 3.37. The molecule has 0 radical (unpaired) electrons. The Morgan fingerprint density at radius 2 is 2.25 bits per heavy atom. The summed E-state index contributed by atoms with van der Waals surface area (Å²) in [5, 5.41) is 4.66. The smallest absolute Gasteiger partial charge is 0.134 e. The zero-order valence-corrected chi connectivity index (χ0v) is 11.6. The molecule has 20 heavy (non-hydrogen) atoms. The van der Waals surface area contributed by atoms with Crippen molar-refractivity contribution in [1.82, 2.24) is 14.9 Å². The highest BCUT2D eigenvalue weighted by Crippen LogP contribution is 2.23. The first-order valence-electron chi connectivity index (χ1n) is 7.00. The van der Waals surface area contributed by atoms with Crippen LogP contribution in [0.25, 0.3) is 11.0 Å². The summed E-state index contributed by atoms with van der Waals surface area (Å²) < 4.78 is 7.95. The molecule has 4 heteroatoms. The Labute approximate surface area is 118 Å². The van der Waals surface area contributed by atoms with E-state index in [1.165, 1.54) is 0 Å². The van der Waals surface area contributed by atoms with Crippen molar-refractivity contribution in [3.63, 3.8) is 0 Å². The van der Waals surface area contributed by atoms with E-state index in [4.69, 9.17) is 4.42 Å². The van der Waals surface area contributed by atoms with Crippen molar-refractivity contribution in [3.05, 3.63) is 54.8 Å². The first kappa shape index (κ1) is 12.9. The van der Waals surface area contributed by atoms with E-state index in [1.54, 1.807) is 0 Å². The first-order chi connectivity index (χ1) is 9.83. The fourth-order valence-electron chi connectivity index (χ4n) is 2.32. The van der Waals surface area contributed by atoms with E-state index in [0.29, 0.717) is 0 Å². The zero-order valence-electron chi connectivity index (χ0n) is 11.6. The molecule has 0 amide bonds. The number of imidazole rings is 1. The number of fused-ring (bicyclic) bond motifs is 1. The Bertz CT molecular complexity index is 624. The average Bonchev–Trinajstić information content (AvgIpc) is 3.12. The fraction of sp³-hybridized carbons (Fsp3) is 0.312. The Morgan fingerprint density at radius 3 is 3.05 bits per heavy atom. The average molecular weight is 269 g/mol. The van der Waals surface area contributed by atoms with Gasteiger partial charge in [-0.15, -0.1) is 0 Å². The third kappa shape index (κ3) is 2.91. The van der Waals surface area contributed by atoms with E-state index in [2.05, 4.69) is 33.9 Å². The molecule has 3 aromatic rings. The topological polar surface area (TPSA) is 43.0 Å². The Morgan fingerprint density at radius 1 is 1.35 bits per heavy atom. The minimum atomic E-state index is 0.227. The molecular weight excluding hydrogens is 250 g/mol. The van der Waals surface area contributed by atoms with Gasteiger partial charge in [0.2, 0.25) is 0 Å². The number of hydrogen-bond donors (Lipinski definition) is 1. The molecule has 0 fully saturated rings. The molecule has 0 aliphatic carbocycles. The van der Waals surface area contributed by atoms with Crippen LogP contribution in [0.1, 0.15) is 25.1 Å². The molecule has 2 heterocycles. The van der Waals surface area contributed by atoms with Gasteiger partial charge in [-0.05, 0) is 32.0 Å². The normalized spacial score (nSPS) is 12.8. The van der Waals surface area contributed by atoms with Crippen molar-refractivity contribution in [2.45, 2.75) is 25.9 Å². The van der Waals surface area contributed by atoms with Crippen molar-refractivity contribution >= 4 is 11.0 Å². The van der Waals surface area contributed by atoms with Crippen molar-refractivity contribution in [2.24, 2.45) is 0 Å². The van der Waals surface area contributed by atoms with E-state index >= 15 is 0 Å². The lowest BCUT2D eigenvalue weighted by Crippen LogP contribution is -2.20. The number of aryl methyl sites for hydroxylation is 1. The summed E-state index contributed by atoms with van der Waals surface area (Å²) in [5.74, 6) is 0.994. The molecule has 0 spiro atoms. The van der Waals surface area contributed by atoms with E-state index in [1.807, 2.05) is 36.9 Å². The van der Waals surface area contributed by atoms with Gasteiger partial charge >= 0.3 is 0 Å². The summed E-state index contributed by atoms with van der Waals surface area (Å²) in [6.07, 6.45) is 6.72. The molecule has 4 nitrogen and oxygen atoms in total. The van der Waals surface area contributed by atoms with Crippen molar-refractivity contribution in [3.8, 4) is 0 Å². The Balaban J connectivity index is 1.52. The van der Waals surface area contributed by atoms with Gasteiger partial charge in [-0.1, -0.05) is 18.2 Å². The van der Waals surface area contributed by atoms with Gasteiger partial charge in [-0.25, -0.2) is 4.98 Å². The highest BCUT2D eigenvalue weighted by molar-refractivity contribution is 5.77. The minimum Gasteiger partial charge on any atom is -0.459 e. The SMILES string of the molecule is CC(NCCCn1ccnc1)c1cc2ccccc2o1. The van der Waals surface area contributed by atoms with Crippen LogP contribution in [-0.2, 0) is 6.54 Å². The summed E-state index contributed by atoms with van der Waals surface area (Å²) in [4.78, 5) is 4.04. The van der Waals surface area contributed by atoms with Crippen LogP contribution in [-0.4, -0.2) is 16.1 Å². The number of aromatic nitrogens is 2. The number of nitrogens with one attached hydrogen (secondary N) is 1. The molecule has 2 aromatic heterocycles. The van der Waals surface area contributed by atoms with Gasteiger partial charge in [-0.3, -0.25) is 0 Å². The van der Waals surface area contributed by atoms with E-state index in [-0.39, 0.29) is 6.04 Å². The standard InChI is InChI=1S/C16H19N3O/c1-13(18-7-4-9-19-10-8-17-12-19)16-11-14-5-2-3-6-15(14)20-16/h2-3,5-6,8,10-13,18H,4,7,9H2,1H3. The number of furan rings is 1. The van der Waals surface area contributed by atoms with Gasteiger partial charge in [-0.2, -0.15) is 0 Å². The molecule has 1 unspecified atom stereocenters. The van der Waals surface area contributed by atoms with Crippen LogP contribution in [0.5, 0.6) is 0 Å². The Kier molecular flexibility index (Phi) is 3.83. The summed E-state index contributed by atoms with van der Waals surface area (Å²) in [6.45, 7) is 4.07. The molecular formula is C16H19N3O. The molecule has 1 aromatic carbocycles. The monoisotopic (exact) mass is 269 g/mol. The molecule has 0 aliphatic heterocycles. The lowest BCUT2D eigenvalue weighted by atomic mass is 10.2. The number of nitrogens with zero attached hydrogens (tertiary/aromatic N) is 2. The van der Waals surface area contributed by atoms with Crippen molar-refractivity contribution in [2.75, 3.05) is 6.54 Å². The molecule has 1 N–H and O–H groups in total. The summed E-state index contributed by atoms with van der Waals surface area (Å²) in [5.41, 5.74) is 0.953. The summed E-state index contributed by atoms with van der Waals surface area (Å²) in [6, 6.07) is 10.5. The van der Waals surface area contributed by atoms with Gasteiger partial charge in [0.15, 0.2) is 0 Å². The van der Waals surface area contributed by atoms with Crippen LogP contribution in [0.3, 0.4) is 0 Å². The largest absolute Gasteiger partial charge is 0.459 e. The second kappa shape index (κ2) is 5.92.